The van der Waals surface area contributed by atoms with E-state index in [1.54, 1.807) is 0 Å². The Morgan fingerprint density at radius 1 is 1.26 bits per heavy atom. The number of hydrogen-bond acceptors (Lipinski definition) is 5. The summed E-state index contributed by atoms with van der Waals surface area (Å²) in [7, 11) is 0. The third kappa shape index (κ3) is 3.27. The van der Waals surface area contributed by atoms with Crippen molar-refractivity contribution in [2.75, 3.05) is 6.79 Å². The van der Waals surface area contributed by atoms with Crippen LogP contribution in [0.1, 0.15) is 22.3 Å². The number of nitrogens with zero attached hydrogens (tertiary/aromatic N) is 1. The second-order valence-corrected chi connectivity index (χ2v) is 5.52. The number of rotatable bonds is 4. The van der Waals surface area contributed by atoms with E-state index in [1.807, 2.05) is 32.0 Å². The summed E-state index contributed by atoms with van der Waals surface area (Å²) in [5.41, 5.74) is 3.51. The summed E-state index contributed by atoms with van der Waals surface area (Å²) in [5, 5.41) is 11.1. The third-order valence-electron chi connectivity index (χ3n) is 3.70. The SMILES string of the molecule is Cc1ccc(OCc2cc([N+](=O)[O-])cc3c2OCOC3)c(C)c1. The lowest BCUT2D eigenvalue weighted by molar-refractivity contribution is -0.385. The summed E-state index contributed by atoms with van der Waals surface area (Å²) in [5.74, 6) is 1.37. The zero-order chi connectivity index (χ0) is 16.4. The van der Waals surface area contributed by atoms with Crippen molar-refractivity contribution in [3.05, 3.63) is 62.7 Å². The molecule has 2 aromatic carbocycles. The fourth-order valence-electron chi connectivity index (χ4n) is 2.61. The molecule has 2 aromatic rings. The van der Waals surface area contributed by atoms with Crippen molar-refractivity contribution in [1.82, 2.24) is 0 Å². The molecule has 0 saturated carbocycles. The smallest absolute Gasteiger partial charge is 0.270 e. The Morgan fingerprint density at radius 3 is 2.83 bits per heavy atom. The van der Waals surface area contributed by atoms with Crippen molar-refractivity contribution in [1.29, 1.82) is 0 Å². The van der Waals surface area contributed by atoms with Gasteiger partial charge in [-0.05, 0) is 25.5 Å². The number of ether oxygens (including phenoxy) is 3. The molecule has 6 nitrogen and oxygen atoms in total. The van der Waals surface area contributed by atoms with Gasteiger partial charge in [0.05, 0.1) is 11.5 Å². The van der Waals surface area contributed by atoms with Gasteiger partial charge in [-0.1, -0.05) is 17.7 Å². The Bertz CT molecular complexity index is 757. The normalized spacial score (nSPS) is 13.1. The highest BCUT2D eigenvalue weighted by molar-refractivity contribution is 5.50. The Hall–Kier alpha value is -2.60. The molecule has 0 atom stereocenters. The van der Waals surface area contributed by atoms with Gasteiger partial charge in [-0.2, -0.15) is 0 Å². The molecular formula is C17H17NO5. The van der Waals surface area contributed by atoms with Crippen LogP contribution < -0.4 is 9.47 Å². The van der Waals surface area contributed by atoms with Gasteiger partial charge >= 0.3 is 0 Å². The van der Waals surface area contributed by atoms with Crippen LogP contribution in [-0.2, 0) is 18.0 Å². The van der Waals surface area contributed by atoms with Crippen LogP contribution >= 0.6 is 0 Å². The van der Waals surface area contributed by atoms with Crippen molar-refractivity contribution in [3.8, 4) is 11.5 Å². The predicted molar refractivity (Wildman–Crippen MR) is 83.6 cm³/mol. The Kier molecular flexibility index (Phi) is 4.16. The molecule has 0 amide bonds. The molecular weight excluding hydrogens is 298 g/mol. The Morgan fingerprint density at radius 2 is 2.09 bits per heavy atom. The van der Waals surface area contributed by atoms with Crippen LogP contribution in [0.5, 0.6) is 11.5 Å². The minimum atomic E-state index is -0.421. The molecule has 23 heavy (non-hydrogen) atoms. The van der Waals surface area contributed by atoms with Gasteiger partial charge in [-0.15, -0.1) is 0 Å². The van der Waals surface area contributed by atoms with Gasteiger partial charge in [0.15, 0.2) is 6.79 Å². The number of non-ortho nitro benzene ring substituents is 1. The van der Waals surface area contributed by atoms with Gasteiger partial charge < -0.3 is 14.2 Å². The number of nitro benzene ring substituents is 1. The van der Waals surface area contributed by atoms with Crippen molar-refractivity contribution in [2.24, 2.45) is 0 Å². The summed E-state index contributed by atoms with van der Waals surface area (Å²) in [6, 6.07) is 8.87. The molecule has 0 N–H and O–H groups in total. The minimum absolute atomic E-state index is 0.0112. The van der Waals surface area contributed by atoms with Crippen LogP contribution in [0.4, 0.5) is 5.69 Å². The van der Waals surface area contributed by atoms with Gasteiger partial charge in [0.1, 0.15) is 18.1 Å². The molecule has 120 valence electrons. The zero-order valence-electron chi connectivity index (χ0n) is 13.0. The lowest BCUT2D eigenvalue weighted by Gasteiger charge is -2.21. The summed E-state index contributed by atoms with van der Waals surface area (Å²) in [4.78, 5) is 10.7. The van der Waals surface area contributed by atoms with Gasteiger partial charge in [0.25, 0.3) is 5.69 Å². The van der Waals surface area contributed by atoms with Crippen LogP contribution in [-0.4, -0.2) is 11.7 Å². The molecule has 0 spiro atoms. The Balaban J connectivity index is 1.89. The third-order valence-corrected chi connectivity index (χ3v) is 3.70. The first-order chi connectivity index (χ1) is 11.0. The van der Waals surface area contributed by atoms with Crippen LogP contribution in [0, 0.1) is 24.0 Å². The molecule has 1 aliphatic heterocycles. The molecule has 0 unspecified atom stereocenters. The molecule has 1 aliphatic rings. The summed E-state index contributed by atoms with van der Waals surface area (Å²) >= 11 is 0. The molecule has 1 heterocycles. The van der Waals surface area contributed by atoms with E-state index in [4.69, 9.17) is 14.2 Å². The lowest BCUT2D eigenvalue weighted by Crippen LogP contribution is -2.14. The highest BCUT2D eigenvalue weighted by atomic mass is 16.7. The number of benzene rings is 2. The van der Waals surface area contributed by atoms with E-state index in [9.17, 15) is 10.1 Å². The molecule has 6 heteroatoms. The van der Waals surface area contributed by atoms with E-state index in [0.29, 0.717) is 23.5 Å². The van der Waals surface area contributed by atoms with E-state index in [2.05, 4.69) is 0 Å². The number of nitro groups is 1. The quantitative estimate of drug-likeness (QED) is 0.636. The monoisotopic (exact) mass is 315 g/mol. The van der Waals surface area contributed by atoms with Crippen molar-refractivity contribution in [3.63, 3.8) is 0 Å². The molecule has 0 bridgehead atoms. The van der Waals surface area contributed by atoms with Crippen molar-refractivity contribution in [2.45, 2.75) is 27.1 Å². The fraction of sp³-hybridized carbons (Fsp3) is 0.294. The number of hydrogen-bond donors (Lipinski definition) is 0. The lowest BCUT2D eigenvalue weighted by atomic mass is 10.1. The first-order valence-corrected chi connectivity index (χ1v) is 7.25. The molecule has 0 saturated heterocycles. The van der Waals surface area contributed by atoms with Crippen LogP contribution in [0.15, 0.2) is 30.3 Å². The van der Waals surface area contributed by atoms with Crippen LogP contribution in [0.3, 0.4) is 0 Å². The topological polar surface area (TPSA) is 70.8 Å². The maximum Gasteiger partial charge on any atom is 0.270 e. The van der Waals surface area contributed by atoms with Crippen LogP contribution in [0.25, 0.3) is 0 Å². The number of aryl methyl sites for hydroxylation is 2. The largest absolute Gasteiger partial charge is 0.488 e. The molecule has 0 aromatic heterocycles. The maximum absolute atomic E-state index is 11.1. The molecule has 0 aliphatic carbocycles. The van der Waals surface area contributed by atoms with Gasteiger partial charge in [-0.3, -0.25) is 10.1 Å². The van der Waals surface area contributed by atoms with Crippen molar-refractivity contribution >= 4 is 5.69 Å². The zero-order valence-corrected chi connectivity index (χ0v) is 13.0. The maximum atomic E-state index is 11.1. The average Bonchev–Trinajstić information content (AvgIpc) is 2.53. The Labute approximate surface area is 133 Å². The first-order valence-electron chi connectivity index (χ1n) is 7.25. The van der Waals surface area contributed by atoms with E-state index in [0.717, 1.165) is 16.9 Å². The summed E-state index contributed by atoms with van der Waals surface area (Å²) in [6.07, 6.45) is 0. The van der Waals surface area contributed by atoms with E-state index >= 15 is 0 Å². The molecule has 0 radical (unpaired) electrons. The van der Waals surface area contributed by atoms with E-state index < -0.39 is 4.92 Å². The standard InChI is InChI=1S/C17H17NO5/c1-11-3-4-16(12(2)5-11)22-9-14-7-15(18(19)20)6-13-8-21-10-23-17(13)14/h3-7H,8-10H2,1-2H3. The second kappa shape index (κ2) is 6.26. The van der Waals surface area contributed by atoms with Crippen molar-refractivity contribution < 1.29 is 19.1 Å². The highest BCUT2D eigenvalue weighted by Crippen LogP contribution is 2.33. The first kappa shape index (κ1) is 15.3. The highest BCUT2D eigenvalue weighted by Gasteiger charge is 2.21. The van der Waals surface area contributed by atoms with E-state index in [1.165, 1.54) is 12.1 Å². The fourth-order valence-corrected chi connectivity index (χ4v) is 2.61. The second-order valence-electron chi connectivity index (χ2n) is 5.52. The van der Waals surface area contributed by atoms with Gasteiger partial charge in [0, 0.05) is 23.3 Å². The summed E-state index contributed by atoms with van der Waals surface area (Å²) in [6.45, 7) is 4.62. The van der Waals surface area contributed by atoms with Gasteiger partial charge in [-0.25, -0.2) is 0 Å². The molecule has 3 rings (SSSR count). The minimum Gasteiger partial charge on any atom is -0.488 e. The summed E-state index contributed by atoms with van der Waals surface area (Å²) < 4.78 is 16.5. The molecule has 0 fully saturated rings. The predicted octanol–water partition coefficient (Wildman–Crippen LogP) is 3.66. The number of fused-ring (bicyclic) bond motifs is 1. The van der Waals surface area contributed by atoms with Gasteiger partial charge in [0.2, 0.25) is 0 Å². The van der Waals surface area contributed by atoms with Crippen LogP contribution in [0.2, 0.25) is 0 Å². The van der Waals surface area contributed by atoms with E-state index in [-0.39, 0.29) is 19.1 Å². The average molecular weight is 315 g/mol.